The van der Waals surface area contributed by atoms with Gasteiger partial charge in [0, 0.05) is 18.7 Å². The van der Waals surface area contributed by atoms with Gasteiger partial charge in [0.05, 0.1) is 42.0 Å². The zero-order chi connectivity index (χ0) is 28.9. The molecule has 216 valence electrons. The van der Waals surface area contributed by atoms with Crippen LogP contribution in [0, 0.1) is 6.92 Å². The van der Waals surface area contributed by atoms with Crippen molar-refractivity contribution in [2.45, 2.75) is 51.3 Å². The molecule has 2 saturated heterocycles. The molecule has 0 spiro atoms. The smallest absolute Gasteiger partial charge is 0.416 e. The Morgan fingerprint density at radius 3 is 2.71 bits per heavy atom. The van der Waals surface area contributed by atoms with E-state index in [0.29, 0.717) is 49.0 Å². The zero-order valence-electron chi connectivity index (χ0n) is 22.6. The lowest BCUT2D eigenvalue weighted by atomic mass is 10.1. The molecule has 2 aromatic heterocycles. The number of amides is 2. The summed E-state index contributed by atoms with van der Waals surface area (Å²) in [4.78, 5) is 34.7. The second-order valence-electron chi connectivity index (χ2n) is 10.6. The highest BCUT2D eigenvalue weighted by Gasteiger charge is 2.42. The van der Waals surface area contributed by atoms with E-state index in [9.17, 15) is 18.0 Å². The molecular formula is C27H28F3N7O4. The van der Waals surface area contributed by atoms with Gasteiger partial charge in [0.2, 0.25) is 0 Å². The number of halogens is 3. The lowest BCUT2D eigenvalue weighted by molar-refractivity contribution is -0.141. The first-order valence-electron chi connectivity index (χ1n) is 13.1. The number of urea groups is 1. The van der Waals surface area contributed by atoms with Crippen LogP contribution >= 0.6 is 0 Å². The molecule has 0 radical (unpaired) electrons. The van der Waals surface area contributed by atoms with E-state index in [1.54, 1.807) is 11.8 Å². The number of aromatic nitrogens is 4. The van der Waals surface area contributed by atoms with Crippen LogP contribution in [0.3, 0.4) is 0 Å². The highest BCUT2D eigenvalue weighted by atomic mass is 19.4. The number of benzene rings is 1. The number of carbonyl (C=O) groups excluding carboxylic acids is 1. The number of ether oxygens (including phenoxy) is 3. The summed E-state index contributed by atoms with van der Waals surface area (Å²) in [5.41, 5.74) is 1.01. The van der Waals surface area contributed by atoms with Crippen LogP contribution in [-0.2, 0) is 15.7 Å². The standard InChI is InChI=1S/C27H28F3N7O4/c1-15-21-23(35-22(33-15)16-5-4-6-17(9-16)27(28,29)30)37(19-7-8-36(21)12-19)25(38)34-18-10-31-24(32-11-18)39-13-20-14-40-26(2,3)41-20/h4-6,9-11,19-20H,7-8,12-14H2,1-3H3,(H,34,38)/t19-,20-/m0/s1. The molecule has 3 aliphatic heterocycles. The van der Waals surface area contributed by atoms with Crippen molar-refractivity contribution in [3.05, 3.63) is 47.9 Å². The highest BCUT2D eigenvalue weighted by molar-refractivity contribution is 6.04. The van der Waals surface area contributed by atoms with E-state index in [0.717, 1.165) is 12.1 Å². The largest absolute Gasteiger partial charge is 0.461 e. The van der Waals surface area contributed by atoms with Crippen LogP contribution in [0.25, 0.3) is 11.4 Å². The molecule has 3 aromatic rings. The second kappa shape index (κ2) is 10.1. The van der Waals surface area contributed by atoms with Crippen LogP contribution in [0.1, 0.15) is 31.5 Å². The molecule has 2 amide bonds. The molecule has 1 N–H and O–H groups in total. The van der Waals surface area contributed by atoms with Gasteiger partial charge < -0.3 is 24.4 Å². The van der Waals surface area contributed by atoms with Gasteiger partial charge >= 0.3 is 18.2 Å². The fourth-order valence-electron chi connectivity index (χ4n) is 5.30. The molecule has 41 heavy (non-hydrogen) atoms. The van der Waals surface area contributed by atoms with Gasteiger partial charge in [-0.05, 0) is 39.3 Å². The number of rotatable bonds is 5. The van der Waals surface area contributed by atoms with Crippen molar-refractivity contribution < 1.29 is 32.2 Å². The number of hydrogen-bond acceptors (Lipinski definition) is 9. The van der Waals surface area contributed by atoms with E-state index in [2.05, 4.69) is 30.2 Å². The number of carbonyl (C=O) groups is 1. The number of aryl methyl sites for hydroxylation is 1. The molecule has 11 nitrogen and oxygen atoms in total. The third kappa shape index (κ3) is 5.48. The summed E-state index contributed by atoms with van der Waals surface area (Å²) in [6.07, 6.45) is -1.18. The predicted octanol–water partition coefficient (Wildman–Crippen LogP) is 4.42. The fraction of sp³-hybridized carbons (Fsp3) is 0.444. The Morgan fingerprint density at radius 1 is 1.22 bits per heavy atom. The van der Waals surface area contributed by atoms with Crippen molar-refractivity contribution in [3.63, 3.8) is 0 Å². The number of nitrogens with one attached hydrogen (secondary N) is 1. The van der Waals surface area contributed by atoms with Gasteiger partial charge in [-0.25, -0.2) is 24.7 Å². The third-order valence-electron chi connectivity index (χ3n) is 7.12. The van der Waals surface area contributed by atoms with E-state index in [1.165, 1.54) is 24.5 Å². The Hall–Kier alpha value is -4.04. The minimum Gasteiger partial charge on any atom is -0.461 e. The molecule has 0 saturated carbocycles. The first-order chi connectivity index (χ1) is 19.5. The van der Waals surface area contributed by atoms with Gasteiger partial charge in [-0.2, -0.15) is 13.2 Å². The minimum absolute atomic E-state index is 0.109. The van der Waals surface area contributed by atoms with Crippen molar-refractivity contribution >= 4 is 23.2 Å². The predicted molar refractivity (Wildman–Crippen MR) is 142 cm³/mol. The van der Waals surface area contributed by atoms with Crippen molar-refractivity contribution in [3.8, 4) is 17.4 Å². The topological polar surface area (TPSA) is 115 Å². The minimum atomic E-state index is -4.51. The molecule has 14 heteroatoms. The van der Waals surface area contributed by atoms with Gasteiger partial charge in [0.15, 0.2) is 17.4 Å². The maximum atomic E-state index is 13.6. The molecule has 0 aliphatic carbocycles. The van der Waals surface area contributed by atoms with E-state index in [4.69, 9.17) is 14.2 Å². The van der Waals surface area contributed by atoms with E-state index in [1.807, 2.05) is 13.8 Å². The third-order valence-corrected chi connectivity index (χ3v) is 7.12. The Kier molecular flexibility index (Phi) is 6.69. The van der Waals surface area contributed by atoms with Crippen LogP contribution in [0.5, 0.6) is 6.01 Å². The molecule has 2 atom stereocenters. The van der Waals surface area contributed by atoms with Crippen molar-refractivity contribution in [2.75, 3.05) is 41.4 Å². The summed E-state index contributed by atoms with van der Waals surface area (Å²) >= 11 is 0. The second-order valence-corrected chi connectivity index (χ2v) is 10.6. The van der Waals surface area contributed by atoms with Crippen molar-refractivity contribution in [1.82, 2.24) is 19.9 Å². The summed E-state index contributed by atoms with van der Waals surface area (Å²) in [7, 11) is 0. The van der Waals surface area contributed by atoms with E-state index < -0.39 is 23.6 Å². The summed E-state index contributed by atoms with van der Waals surface area (Å²) in [5.74, 6) is -0.208. The molecule has 2 bridgehead atoms. The van der Waals surface area contributed by atoms with Gasteiger partial charge in [-0.15, -0.1) is 0 Å². The van der Waals surface area contributed by atoms with Crippen molar-refractivity contribution in [2.24, 2.45) is 0 Å². The van der Waals surface area contributed by atoms with Crippen LogP contribution in [-0.4, -0.2) is 70.2 Å². The average molecular weight is 572 g/mol. The van der Waals surface area contributed by atoms with Crippen molar-refractivity contribution in [1.29, 1.82) is 0 Å². The molecule has 1 aromatic carbocycles. The molecule has 5 heterocycles. The van der Waals surface area contributed by atoms with Crippen LogP contribution in [0.4, 0.5) is 35.2 Å². The Balaban J connectivity index is 1.22. The maximum Gasteiger partial charge on any atom is 0.416 e. The van der Waals surface area contributed by atoms with Gasteiger partial charge in [0.25, 0.3) is 0 Å². The monoisotopic (exact) mass is 571 g/mol. The molecular weight excluding hydrogens is 543 g/mol. The van der Waals surface area contributed by atoms with Gasteiger partial charge in [-0.3, -0.25) is 4.90 Å². The summed E-state index contributed by atoms with van der Waals surface area (Å²) in [6, 6.07) is 4.34. The quantitative estimate of drug-likeness (QED) is 0.475. The molecule has 6 rings (SSSR count). The van der Waals surface area contributed by atoms with Gasteiger partial charge in [-0.1, -0.05) is 12.1 Å². The number of hydrogen-bond donors (Lipinski definition) is 1. The Bertz CT molecular complexity index is 1470. The first kappa shape index (κ1) is 27.1. The lowest BCUT2D eigenvalue weighted by Crippen LogP contribution is -2.48. The molecule has 0 unspecified atom stereocenters. The Labute approximate surface area is 233 Å². The van der Waals surface area contributed by atoms with E-state index in [-0.39, 0.29) is 36.2 Å². The Morgan fingerprint density at radius 2 is 2.00 bits per heavy atom. The van der Waals surface area contributed by atoms with Crippen LogP contribution in [0.15, 0.2) is 36.7 Å². The summed E-state index contributed by atoms with van der Waals surface area (Å²) < 4.78 is 56.9. The first-order valence-corrected chi connectivity index (χ1v) is 13.1. The number of anilines is 3. The number of fused-ring (bicyclic) bond motifs is 4. The lowest BCUT2D eigenvalue weighted by Gasteiger charge is -2.36. The zero-order valence-corrected chi connectivity index (χ0v) is 22.6. The van der Waals surface area contributed by atoms with Crippen LogP contribution < -0.4 is 19.9 Å². The van der Waals surface area contributed by atoms with Gasteiger partial charge in [0.1, 0.15) is 18.4 Å². The maximum absolute atomic E-state index is 13.6. The van der Waals surface area contributed by atoms with Crippen LogP contribution in [0.2, 0.25) is 0 Å². The SMILES string of the molecule is Cc1nc(-c2cccc(C(F)(F)F)c2)nc2c1N1CC[C@@H](C1)N2C(=O)Nc1cnc(OC[C@H]2COC(C)(C)O2)nc1. The average Bonchev–Trinajstić information content (AvgIpc) is 3.50. The number of nitrogens with zero attached hydrogens (tertiary/aromatic N) is 6. The molecule has 2 fully saturated rings. The van der Waals surface area contributed by atoms with E-state index >= 15 is 0 Å². The number of alkyl halides is 3. The fourth-order valence-corrected chi connectivity index (χ4v) is 5.30. The summed E-state index contributed by atoms with van der Waals surface area (Å²) in [5, 5.41) is 2.81. The summed E-state index contributed by atoms with van der Waals surface area (Å²) in [6.45, 7) is 7.33. The molecule has 3 aliphatic rings. The normalized spacial score (nSPS) is 21.1. The highest BCUT2D eigenvalue weighted by Crippen LogP contribution is 2.42.